The Morgan fingerprint density at radius 3 is 2.64 bits per heavy atom. The Labute approximate surface area is 214 Å². The van der Waals surface area contributed by atoms with Crippen molar-refractivity contribution in [2.75, 3.05) is 13.1 Å². The highest BCUT2D eigenvalue weighted by atomic mass is 16.4. The van der Waals surface area contributed by atoms with Crippen LogP contribution >= 0.6 is 0 Å². The number of carbonyl (C=O) groups is 1. The molecule has 2 heterocycles. The van der Waals surface area contributed by atoms with E-state index >= 15 is 0 Å². The molecule has 36 heavy (non-hydrogen) atoms. The first kappa shape index (κ1) is 24.5. The van der Waals surface area contributed by atoms with E-state index in [1.807, 2.05) is 11.0 Å². The number of aliphatic hydroxyl groups is 1. The van der Waals surface area contributed by atoms with Gasteiger partial charge in [0.15, 0.2) is 0 Å². The van der Waals surface area contributed by atoms with Crippen molar-refractivity contribution in [3.63, 3.8) is 0 Å². The highest BCUT2D eigenvalue weighted by Gasteiger charge is 2.67. The van der Waals surface area contributed by atoms with E-state index in [2.05, 4.69) is 19.2 Å². The molecule has 4 aliphatic carbocycles. The Kier molecular flexibility index (Phi) is 5.84. The van der Waals surface area contributed by atoms with Crippen LogP contribution in [0.3, 0.4) is 0 Å². The minimum atomic E-state index is -0.676. The van der Waals surface area contributed by atoms with Gasteiger partial charge >= 0.3 is 11.7 Å². The van der Waals surface area contributed by atoms with Crippen LogP contribution in [0.5, 0.6) is 0 Å². The summed E-state index contributed by atoms with van der Waals surface area (Å²) in [7, 11) is 0. The van der Waals surface area contributed by atoms with Crippen molar-refractivity contribution in [2.24, 2.45) is 34.3 Å². The number of hydrogen-bond acceptors (Lipinski definition) is 5. The molecule has 1 aliphatic heterocycles. The number of hydrogen-bond donors (Lipinski definition) is 3. The first-order chi connectivity index (χ1) is 17.1. The molecule has 0 aromatic carbocycles. The largest absolute Gasteiger partial charge is 0.431 e. The molecule has 1 saturated heterocycles. The third-order valence-corrected chi connectivity index (χ3v) is 11.8. The molecular formula is C29H43N3O4. The molecule has 7 heteroatoms. The lowest BCUT2D eigenvalue weighted by Crippen LogP contribution is -2.62. The Morgan fingerprint density at radius 2 is 1.92 bits per heavy atom. The lowest BCUT2D eigenvalue weighted by atomic mass is 9.43. The fourth-order valence-corrected chi connectivity index (χ4v) is 9.70. The minimum absolute atomic E-state index is 0.0572. The number of fused-ring (bicyclic) bond motifs is 5. The third-order valence-electron chi connectivity index (χ3n) is 11.8. The Hall–Kier alpha value is -1.86. The molecule has 2 amide bonds. The molecule has 4 saturated carbocycles. The standard InChI is InChI=1S/C29H43N3O4/c1-27-11-7-21(31-26(34)32-14-10-20(30)16-32)15-19(27)4-5-24-23(27)8-12-28(2)22(9-13-29(24,28)35)18-3-6-25(33)36-17-18/h3,6,17,19-24,35H,4-5,7-16,30H2,1-2H3,(H,31,34)/t19-,20+,21+,22-,23+,24-,27+,28-,29+/m1/s1. The summed E-state index contributed by atoms with van der Waals surface area (Å²) in [6, 6.07) is 3.83. The van der Waals surface area contributed by atoms with Gasteiger partial charge in [0.2, 0.25) is 0 Å². The van der Waals surface area contributed by atoms with Crippen molar-refractivity contribution >= 4 is 6.03 Å². The van der Waals surface area contributed by atoms with E-state index in [-0.39, 0.29) is 40.5 Å². The van der Waals surface area contributed by atoms with E-state index in [0.717, 1.165) is 76.3 Å². The fourth-order valence-electron chi connectivity index (χ4n) is 9.70. The van der Waals surface area contributed by atoms with Crippen LogP contribution < -0.4 is 16.7 Å². The Bertz CT molecular complexity index is 1050. The summed E-state index contributed by atoms with van der Waals surface area (Å²) < 4.78 is 5.22. The van der Waals surface area contributed by atoms with Crippen molar-refractivity contribution in [3.8, 4) is 0 Å². The van der Waals surface area contributed by atoms with Gasteiger partial charge in [-0.1, -0.05) is 13.8 Å². The quantitative estimate of drug-likeness (QED) is 0.572. The van der Waals surface area contributed by atoms with Crippen molar-refractivity contribution in [1.82, 2.24) is 10.2 Å². The van der Waals surface area contributed by atoms with Gasteiger partial charge in [0.25, 0.3) is 0 Å². The van der Waals surface area contributed by atoms with E-state index < -0.39 is 5.60 Å². The number of urea groups is 1. The first-order valence-electron chi connectivity index (χ1n) is 14.3. The summed E-state index contributed by atoms with van der Waals surface area (Å²) in [5.41, 5.74) is 6.09. The molecule has 0 unspecified atom stereocenters. The molecule has 6 rings (SSSR count). The molecule has 198 valence electrons. The molecule has 7 nitrogen and oxygen atoms in total. The van der Waals surface area contributed by atoms with E-state index in [9.17, 15) is 14.7 Å². The second-order valence-electron chi connectivity index (χ2n) is 13.3. The topological polar surface area (TPSA) is 109 Å². The van der Waals surface area contributed by atoms with Crippen LogP contribution in [0.1, 0.15) is 89.5 Å². The van der Waals surface area contributed by atoms with Crippen LogP contribution in [0, 0.1) is 28.6 Å². The third kappa shape index (κ3) is 3.59. The van der Waals surface area contributed by atoms with E-state index in [1.54, 1.807) is 6.26 Å². The Morgan fingerprint density at radius 1 is 1.08 bits per heavy atom. The highest BCUT2D eigenvalue weighted by Crippen LogP contribution is 2.70. The van der Waals surface area contributed by atoms with Crippen molar-refractivity contribution in [2.45, 2.75) is 102 Å². The molecule has 1 aromatic rings. The maximum absolute atomic E-state index is 12.8. The molecule has 9 atom stereocenters. The molecule has 5 fully saturated rings. The fraction of sp³-hybridized carbons (Fsp3) is 0.793. The zero-order valence-electron chi connectivity index (χ0n) is 21.9. The van der Waals surface area contributed by atoms with Gasteiger partial charge in [-0.3, -0.25) is 0 Å². The second kappa shape index (κ2) is 8.59. The molecule has 5 aliphatic rings. The number of nitrogens with two attached hydrogens (primary N) is 1. The van der Waals surface area contributed by atoms with Crippen LogP contribution in [0.15, 0.2) is 27.6 Å². The zero-order valence-corrected chi connectivity index (χ0v) is 21.9. The molecule has 1 aromatic heterocycles. The number of carbonyl (C=O) groups excluding carboxylic acids is 1. The molecule has 0 spiro atoms. The molecule has 4 N–H and O–H groups in total. The minimum Gasteiger partial charge on any atom is -0.431 e. The first-order valence-corrected chi connectivity index (χ1v) is 14.3. The van der Waals surface area contributed by atoms with Gasteiger partial charge < -0.3 is 25.5 Å². The van der Waals surface area contributed by atoms with Gasteiger partial charge in [-0.15, -0.1) is 0 Å². The second-order valence-corrected chi connectivity index (χ2v) is 13.3. The normalized spacial score (nSPS) is 46.1. The summed E-state index contributed by atoms with van der Waals surface area (Å²) in [6.45, 7) is 6.20. The number of nitrogens with zero attached hydrogens (tertiary/aromatic N) is 1. The van der Waals surface area contributed by atoms with Crippen molar-refractivity contribution in [1.29, 1.82) is 0 Å². The zero-order chi connectivity index (χ0) is 25.3. The summed E-state index contributed by atoms with van der Waals surface area (Å²) in [5, 5.41) is 15.7. The maximum atomic E-state index is 12.8. The summed E-state index contributed by atoms with van der Waals surface area (Å²) in [5.74, 6) is 1.65. The van der Waals surface area contributed by atoms with E-state index in [0.29, 0.717) is 24.3 Å². The van der Waals surface area contributed by atoms with Gasteiger partial charge in [-0.25, -0.2) is 9.59 Å². The lowest BCUT2D eigenvalue weighted by molar-refractivity contribution is -0.201. The number of nitrogens with one attached hydrogen (secondary N) is 1. The van der Waals surface area contributed by atoms with Gasteiger partial charge in [0.05, 0.1) is 11.9 Å². The van der Waals surface area contributed by atoms with Gasteiger partial charge in [0.1, 0.15) is 0 Å². The van der Waals surface area contributed by atoms with Crippen LogP contribution in [0.25, 0.3) is 0 Å². The summed E-state index contributed by atoms with van der Waals surface area (Å²) >= 11 is 0. The smallest absolute Gasteiger partial charge is 0.335 e. The predicted molar refractivity (Wildman–Crippen MR) is 137 cm³/mol. The van der Waals surface area contributed by atoms with Gasteiger partial charge in [0, 0.05) is 36.7 Å². The van der Waals surface area contributed by atoms with Crippen LogP contribution in [-0.4, -0.2) is 46.8 Å². The van der Waals surface area contributed by atoms with Crippen LogP contribution in [0.4, 0.5) is 4.79 Å². The molecular weight excluding hydrogens is 454 g/mol. The van der Waals surface area contributed by atoms with E-state index in [1.165, 1.54) is 6.07 Å². The summed E-state index contributed by atoms with van der Waals surface area (Å²) in [4.78, 5) is 26.2. The van der Waals surface area contributed by atoms with Crippen molar-refractivity contribution in [3.05, 3.63) is 34.4 Å². The molecule has 0 radical (unpaired) electrons. The molecule has 0 bridgehead atoms. The van der Waals surface area contributed by atoms with E-state index in [4.69, 9.17) is 10.2 Å². The monoisotopic (exact) mass is 497 g/mol. The van der Waals surface area contributed by atoms with Gasteiger partial charge in [-0.2, -0.15) is 0 Å². The predicted octanol–water partition coefficient (Wildman–Crippen LogP) is 3.99. The SMILES string of the molecule is C[C@]12CC[C@H](NC(=O)N3CC[C@H](N)C3)C[C@H]1CC[C@@H]1[C@@H]2CC[C@]2(C)[C@@H](c3ccc(=O)oc3)CC[C@]12O. The van der Waals surface area contributed by atoms with Crippen LogP contribution in [-0.2, 0) is 0 Å². The average molecular weight is 498 g/mol. The van der Waals surface area contributed by atoms with Crippen molar-refractivity contribution < 1.29 is 14.3 Å². The number of rotatable bonds is 2. The Balaban J connectivity index is 1.17. The number of likely N-dealkylation sites (tertiary alicyclic amines) is 1. The number of amides is 2. The van der Waals surface area contributed by atoms with Crippen LogP contribution in [0.2, 0.25) is 0 Å². The maximum Gasteiger partial charge on any atom is 0.335 e. The lowest BCUT2D eigenvalue weighted by Gasteiger charge is -2.63. The average Bonchev–Trinajstić information content (AvgIpc) is 3.41. The van der Waals surface area contributed by atoms with Gasteiger partial charge in [-0.05, 0) is 105 Å². The summed E-state index contributed by atoms with van der Waals surface area (Å²) in [6.07, 6.45) is 11.8. The highest BCUT2D eigenvalue weighted by molar-refractivity contribution is 5.75.